The molecule has 1 atom stereocenters. The Balaban J connectivity index is 2.70. The molecule has 2 amide bonds. The summed E-state index contributed by atoms with van der Waals surface area (Å²) in [4.78, 5) is 34.3. The first-order chi connectivity index (χ1) is 14.5. The van der Waals surface area contributed by atoms with Gasteiger partial charge < -0.3 is 25.3 Å². The number of methoxy groups -OCH3 is 1. The molecule has 8 nitrogen and oxygen atoms in total. The second-order valence-corrected chi connectivity index (χ2v) is 8.17. The number of rotatable bonds is 12. The SMILES string of the molecule is COC(=O)CCCCc1cccc(OCC(CCC(N)=O)NC(=O)OC(C)(C)C)c1F. The number of halogens is 1. The minimum absolute atomic E-state index is 0.0343. The van der Waals surface area contributed by atoms with Crippen molar-refractivity contribution >= 4 is 18.0 Å². The number of amides is 2. The molecule has 0 aliphatic carbocycles. The van der Waals surface area contributed by atoms with Crippen LogP contribution in [0.3, 0.4) is 0 Å². The minimum Gasteiger partial charge on any atom is -0.488 e. The average molecular weight is 441 g/mol. The van der Waals surface area contributed by atoms with Crippen molar-refractivity contribution in [3.8, 4) is 5.75 Å². The standard InChI is InChI=1S/C22H33FN2O6/c1-22(2,3)31-21(28)25-16(12-13-18(24)26)14-30-17-10-7-9-15(20(17)23)8-5-6-11-19(27)29-4/h7,9-10,16H,5-6,8,11-14H2,1-4H3,(H2,24,26)(H,25,28). The Kier molecular flexibility index (Phi) is 10.8. The highest BCUT2D eigenvalue weighted by Crippen LogP contribution is 2.22. The maximum atomic E-state index is 14.8. The summed E-state index contributed by atoms with van der Waals surface area (Å²) in [6.45, 7) is 5.13. The Morgan fingerprint density at radius 3 is 2.48 bits per heavy atom. The number of alkyl carbamates (subject to hydrolysis) is 1. The number of nitrogens with one attached hydrogen (secondary N) is 1. The van der Waals surface area contributed by atoms with Crippen molar-refractivity contribution in [3.63, 3.8) is 0 Å². The zero-order chi connectivity index (χ0) is 23.4. The van der Waals surface area contributed by atoms with Crippen LogP contribution in [-0.2, 0) is 25.5 Å². The number of hydrogen-bond donors (Lipinski definition) is 2. The van der Waals surface area contributed by atoms with Crippen molar-refractivity contribution in [1.82, 2.24) is 5.32 Å². The van der Waals surface area contributed by atoms with Crippen LogP contribution in [0.5, 0.6) is 5.75 Å². The summed E-state index contributed by atoms with van der Waals surface area (Å²) in [5, 5.41) is 2.63. The Morgan fingerprint density at radius 2 is 1.87 bits per heavy atom. The number of ether oxygens (including phenoxy) is 3. The van der Waals surface area contributed by atoms with Gasteiger partial charge in [-0.1, -0.05) is 12.1 Å². The molecule has 1 unspecified atom stereocenters. The lowest BCUT2D eigenvalue weighted by Crippen LogP contribution is -2.42. The van der Waals surface area contributed by atoms with Gasteiger partial charge in [-0.05, 0) is 58.1 Å². The van der Waals surface area contributed by atoms with Crippen LogP contribution in [0.15, 0.2) is 18.2 Å². The summed E-state index contributed by atoms with van der Waals surface area (Å²) in [6, 6.07) is 4.23. The van der Waals surface area contributed by atoms with Crippen LogP contribution in [0.2, 0.25) is 0 Å². The molecule has 0 spiro atoms. The van der Waals surface area contributed by atoms with E-state index in [-0.39, 0.29) is 37.6 Å². The van der Waals surface area contributed by atoms with Crippen LogP contribution in [-0.4, -0.2) is 43.3 Å². The molecule has 0 saturated carbocycles. The molecule has 0 aliphatic heterocycles. The molecule has 0 saturated heterocycles. The van der Waals surface area contributed by atoms with Crippen LogP contribution in [0.4, 0.5) is 9.18 Å². The number of unbranched alkanes of at least 4 members (excludes halogenated alkanes) is 1. The summed E-state index contributed by atoms with van der Waals surface area (Å²) in [6.07, 6.45) is 1.54. The zero-order valence-electron chi connectivity index (χ0n) is 18.7. The number of carbonyl (C=O) groups is 3. The molecule has 0 radical (unpaired) electrons. The van der Waals surface area contributed by atoms with Crippen LogP contribution in [0, 0.1) is 5.82 Å². The van der Waals surface area contributed by atoms with E-state index in [9.17, 15) is 18.8 Å². The van der Waals surface area contributed by atoms with Gasteiger partial charge in [0.05, 0.1) is 13.2 Å². The number of hydrogen-bond acceptors (Lipinski definition) is 6. The van der Waals surface area contributed by atoms with Crippen molar-refractivity contribution in [2.45, 2.75) is 70.9 Å². The molecule has 174 valence electrons. The lowest BCUT2D eigenvalue weighted by molar-refractivity contribution is -0.140. The van der Waals surface area contributed by atoms with Gasteiger partial charge in [0.15, 0.2) is 11.6 Å². The molecule has 0 aromatic heterocycles. The average Bonchev–Trinajstić information content (AvgIpc) is 2.67. The largest absolute Gasteiger partial charge is 0.488 e. The van der Waals surface area contributed by atoms with Gasteiger partial charge >= 0.3 is 12.1 Å². The summed E-state index contributed by atoms with van der Waals surface area (Å²) < 4.78 is 30.2. The monoisotopic (exact) mass is 440 g/mol. The molecule has 1 rings (SSSR count). The first-order valence-corrected chi connectivity index (χ1v) is 10.3. The van der Waals surface area contributed by atoms with E-state index in [1.165, 1.54) is 13.2 Å². The van der Waals surface area contributed by atoms with Crippen LogP contribution < -0.4 is 15.8 Å². The molecule has 9 heteroatoms. The number of primary amides is 1. The molecule has 0 fully saturated rings. The first-order valence-electron chi connectivity index (χ1n) is 10.3. The van der Waals surface area contributed by atoms with E-state index in [4.69, 9.17) is 15.2 Å². The molecular weight excluding hydrogens is 407 g/mol. The Bertz CT molecular complexity index is 748. The van der Waals surface area contributed by atoms with Crippen molar-refractivity contribution in [3.05, 3.63) is 29.6 Å². The van der Waals surface area contributed by atoms with E-state index >= 15 is 0 Å². The van der Waals surface area contributed by atoms with E-state index in [0.29, 0.717) is 24.8 Å². The number of aryl methyl sites for hydroxylation is 1. The fraction of sp³-hybridized carbons (Fsp3) is 0.591. The molecule has 1 aromatic rings. The van der Waals surface area contributed by atoms with Gasteiger partial charge in [-0.15, -0.1) is 0 Å². The van der Waals surface area contributed by atoms with E-state index in [0.717, 1.165) is 0 Å². The Morgan fingerprint density at radius 1 is 1.16 bits per heavy atom. The highest BCUT2D eigenvalue weighted by Gasteiger charge is 2.21. The van der Waals surface area contributed by atoms with Crippen molar-refractivity contribution in [2.24, 2.45) is 5.73 Å². The van der Waals surface area contributed by atoms with Gasteiger partial charge in [0.1, 0.15) is 12.2 Å². The van der Waals surface area contributed by atoms with Crippen molar-refractivity contribution < 1.29 is 33.0 Å². The number of carbonyl (C=O) groups excluding carboxylic acids is 3. The third-order valence-corrected chi connectivity index (χ3v) is 4.25. The second-order valence-electron chi connectivity index (χ2n) is 8.17. The zero-order valence-corrected chi connectivity index (χ0v) is 18.7. The number of nitrogens with two attached hydrogens (primary N) is 1. The molecule has 31 heavy (non-hydrogen) atoms. The second kappa shape index (κ2) is 12.8. The predicted octanol–water partition coefficient (Wildman–Crippen LogP) is 3.25. The molecule has 0 aliphatic rings. The Labute approximate surface area is 182 Å². The van der Waals surface area contributed by atoms with Crippen molar-refractivity contribution in [2.75, 3.05) is 13.7 Å². The third-order valence-electron chi connectivity index (χ3n) is 4.25. The maximum Gasteiger partial charge on any atom is 0.407 e. The Hall–Kier alpha value is -2.84. The summed E-state index contributed by atoms with van der Waals surface area (Å²) in [7, 11) is 1.33. The molecule has 1 aromatic carbocycles. The van der Waals surface area contributed by atoms with Gasteiger partial charge in [-0.25, -0.2) is 9.18 Å². The van der Waals surface area contributed by atoms with Crippen LogP contribution >= 0.6 is 0 Å². The fourth-order valence-electron chi connectivity index (χ4n) is 2.73. The lowest BCUT2D eigenvalue weighted by atomic mass is 10.1. The fourth-order valence-corrected chi connectivity index (χ4v) is 2.73. The molecular formula is C22H33FN2O6. The lowest BCUT2D eigenvalue weighted by Gasteiger charge is -2.24. The van der Waals surface area contributed by atoms with E-state index in [2.05, 4.69) is 10.1 Å². The minimum atomic E-state index is -0.687. The van der Waals surface area contributed by atoms with Gasteiger partial charge in [-0.2, -0.15) is 0 Å². The highest BCUT2D eigenvalue weighted by molar-refractivity contribution is 5.74. The van der Waals surface area contributed by atoms with Gasteiger partial charge in [0.2, 0.25) is 5.91 Å². The van der Waals surface area contributed by atoms with E-state index in [1.807, 2.05) is 0 Å². The first kappa shape index (κ1) is 26.2. The summed E-state index contributed by atoms with van der Waals surface area (Å²) in [5.74, 6) is -1.26. The quantitative estimate of drug-likeness (QED) is 0.381. The third kappa shape index (κ3) is 11.2. The topological polar surface area (TPSA) is 117 Å². The number of benzene rings is 1. The smallest absolute Gasteiger partial charge is 0.407 e. The molecule has 0 heterocycles. The summed E-state index contributed by atoms with van der Waals surface area (Å²) in [5.41, 5.74) is 4.98. The van der Waals surface area contributed by atoms with E-state index in [1.54, 1.807) is 32.9 Å². The molecule has 3 N–H and O–H groups in total. The van der Waals surface area contributed by atoms with Crippen LogP contribution in [0.25, 0.3) is 0 Å². The van der Waals surface area contributed by atoms with Gasteiger partial charge in [0, 0.05) is 12.8 Å². The molecule has 0 bridgehead atoms. The summed E-state index contributed by atoms with van der Waals surface area (Å²) >= 11 is 0. The van der Waals surface area contributed by atoms with E-state index < -0.39 is 29.5 Å². The van der Waals surface area contributed by atoms with Crippen LogP contribution in [0.1, 0.15) is 58.4 Å². The van der Waals surface area contributed by atoms with Gasteiger partial charge in [0.25, 0.3) is 0 Å². The number of esters is 1. The maximum absolute atomic E-state index is 14.8. The van der Waals surface area contributed by atoms with Gasteiger partial charge in [-0.3, -0.25) is 9.59 Å². The highest BCUT2D eigenvalue weighted by atomic mass is 19.1. The predicted molar refractivity (Wildman–Crippen MR) is 113 cm³/mol. The van der Waals surface area contributed by atoms with Crippen molar-refractivity contribution in [1.29, 1.82) is 0 Å². The normalized spacial score (nSPS) is 12.0.